The van der Waals surface area contributed by atoms with E-state index in [1.54, 1.807) is 30.3 Å². The summed E-state index contributed by atoms with van der Waals surface area (Å²) in [6.07, 6.45) is 0. The quantitative estimate of drug-likeness (QED) is 0.244. The molecule has 3 amide bonds. The highest BCUT2D eigenvalue weighted by Gasteiger charge is 2.17. The second-order valence-corrected chi connectivity index (χ2v) is 8.27. The van der Waals surface area contributed by atoms with Gasteiger partial charge in [-0.05, 0) is 24.3 Å². The van der Waals surface area contributed by atoms with Gasteiger partial charge in [0.1, 0.15) is 5.58 Å². The van der Waals surface area contributed by atoms with Crippen LogP contribution in [0.5, 0.6) is 0 Å². The zero-order valence-corrected chi connectivity index (χ0v) is 19.0. The van der Waals surface area contributed by atoms with E-state index >= 15 is 0 Å². The maximum atomic E-state index is 13.0. The predicted molar refractivity (Wildman–Crippen MR) is 134 cm³/mol. The molecule has 3 aromatic carbocycles. The number of nitrogens with zero attached hydrogens (tertiary/aromatic N) is 1. The molecule has 3 N–H and O–H groups in total. The van der Waals surface area contributed by atoms with E-state index < -0.39 is 11.9 Å². The average molecular weight is 483 g/mol. The van der Waals surface area contributed by atoms with Crippen molar-refractivity contribution in [3.8, 4) is 11.3 Å². The lowest BCUT2D eigenvalue weighted by molar-refractivity contribution is 0.0911. The number of carbonyl (C=O) groups excluding carboxylic acids is 3. The zero-order valence-electron chi connectivity index (χ0n) is 18.1. The van der Waals surface area contributed by atoms with Gasteiger partial charge in [0.15, 0.2) is 5.76 Å². The molecule has 0 spiro atoms. The molecular formula is C26H18N4O4S. The number of hydrazine groups is 1. The normalized spacial score (nSPS) is 10.7. The van der Waals surface area contributed by atoms with Crippen LogP contribution in [0, 0.1) is 0 Å². The summed E-state index contributed by atoms with van der Waals surface area (Å²) in [4.78, 5) is 42.1. The summed E-state index contributed by atoms with van der Waals surface area (Å²) in [5, 5.41) is 1.06. The van der Waals surface area contributed by atoms with Crippen molar-refractivity contribution in [2.24, 2.45) is 0 Å². The van der Waals surface area contributed by atoms with Gasteiger partial charge >= 0.3 is 11.9 Å². The molecule has 5 aromatic rings. The van der Waals surface area contributed by atoms with E-state index in [0.717, 1.165) is 10.9 Å². The van der Waals surface area contributed by atoms with E-state index in [1.807, 2.05) is 60.7 Å². The Morgan fingerprint density at radius 3 is 2.37 bits per heavy atom. The van der Waals surface area contributed by atoms with Crippen LogP contribution in [0.15, 0.2) is 95.4 Å². The van der Waals surface area contributed by atoms with Gasteiger partial charge in [0.25, 0.3) is 0 Å². The lowest BCUT2D eigenvalue weighted by Gasteiger charge is -2.10. The Balaban J connectivity index is 1.25. The van der Waals surface area contributed by atoms with Gasteiger partial charge in [0, 0.05) is 33.8 Å². The molecule has 2 aromatic heterocycles. The molecule has 8 nitrogen and oxygen atoms in total. The second-order valence-electron chi connectivity index (χ2n) is 7.49. The van der Waals surface area contributed by atoms with Gasteiger partial charge in [0.2, 0.25) is 5.12 Å². The largest absolute Gasteiger partial charge is 0.451 e. The third-order valence-corrected chi connectivity index (χ3v) is 5.87. The van der Waals surface area contributed by atoms with Gasteiger partial charge in [-0.1, -0.05) is 66.7 Å². The molecule has 9 heteroatoms. The SMILES string of the molecule is O=C(NNC(=O)c1cc2ccccc2o1)NSC(=O)c1cc(-c2ccccc2)nc2ccccc12. The molecule has 0 bridgehead atoms. The maximum absolute atomic E-state index is 13.0. The number of fused-ring (bicyclic) bond motifs is 2. The van der Waals surface area contributed by atoms with Crippen molar-refractivity contribution >= 4 is 50.9 Å². The Bertz CT molecular complexity index is 1530. The van der Waals surface area contributed by atoms with E-state index in [4.69, 9.17) is 4.42 Å². The summed E-state index contributed by atoms with van der Waals surface area (Å²) in [5.41, 5.74) is 7.62. The molecule has 0 unspecified atom stereocenters. The van der Waals surface area contributed by atoms with E-state index in [0.29, 0.717) is 39.7 Å². The molecular weight excluding hydrogens is 464 g/mol. The van der Waals surface area contributed by atoms with Crippen LogP contribution in [0.25, 0.3) is 33.1 Å². The van der Waals surface area contributed by atoms with Gasteiger partial charge < -0.3 is 4.42 Å². The molecule has 0 saturated heterocycles. The van der Waals surface area contributed by atoms with Crippen LogP contribution < -0.4 is 15.6 Å². The Morgan fingerprint density at radius 2 is 1.54 bits per heavy atom. The summed E-state index contributed by atoms with van der Waals surface area (Å²) >= 11 is 0.604. The first-order chi connectivity index (χ1) is 17.1. The van der Waals surface area contributed by atoms with Crippen LogP contribution in [0.4, 0.5) is 4.79 Å². The van der Waals surface area contributed by atoms with Gasteiger partial charge in [0.05, 0.1) is 11.2 Å². The number of nitrogens with one attached hydrogen (secondary N) is 3. The van der Waals surface area contributed by atoms with Crippen LogP contribution in [0.3, 0.4) is 0 Å². The van der Waals surface area contributed by atoms with Crippen molar-refractivity contribution in [1.82, 2.24) is 20.6 Å². The van der Waals surface area contributed by atoms with Crippen molar-refractivity contribution in [3.63, 3.8) is 0 Å². The summed E-state index contributed by atoms with van der Waals surface area (Å²) in [6, 6.07) is 26.5. The number of carbonyl (C=O) groups is 3. The topological polar surface area (TPSA) is 113 Å². The number of amides is 3. The van der Waals surface area contributed by atoms with Crippen LogP contribution >= 0.6 is 11.9 Å². The average Bonchev–Trinajstić information content (AvgIpc) is 3.35. The van der Waals surface area contributed by atoms with Gasteiger partial charge in [-0.2, -0.15) is 0 Å². The monoisotopic (exact) mass is 482 g/mol. The second kappa shape index (κ2) is 9.70. The lowest BCUT2D eigenvalue weighted by atomic mass is 10.0. The van der Waals surface area contributed by atoms with Gasteiger partial charge in [-0.3, -0.25) is 19.7 Å². The lowest BCUT2D eigenvalue weighted by Crippen LogP contribution is -2.45. The van der Waals surface area contributed by atoms with E-state index in [-0.39, 0.29) is 10.9 Å². The highest BCUT2D eigenvalue weighted by Crippen LogP contribution is 2.27. The van der Waals surface area contributed by atoms with Gasteiger partial charge in [-0.25, -0.2) is 15.2 Å². The molecule has 35 heavy (non-hydrogen) atoms. The fourth-order valence-electron chi connectivity index (χ4n) is 3.54. The van der Waals surface area contributed by atoms with Crippen LogP contribution in [-0.4, -0.2) is 22.0 Å². The van der Waals surface area contributed by atoms with Gasteiger partial charge in [-0.15, -0.1) is 0 Å². The standard InChI is InChI=1S/C26H18N4O4S/c31-24(23-14-17-10-4-7-13-22(17)34-23)28-29-26(33)30-35-25(32)19-15-21(16-8-2-1-3-9-16)27-20-12-6-5-11-18(19)20/h1-15H,(H,28,31)(H2,29,30,33). The molecule has 172 valence electrons. The Kier molecular flexibility index (Phi) is 6.15. The molecule has 0 aliphatic rings. The number of urea groups is 1. The zero-order chi connectivity index (χ0) is 24.2. The summed E-state index contributed by atoms with van der Waals surface area (Å²) < 4.78 is 7.85. The molecule has 0 radical (unpaired) electrons. The van der Waals surface area contributed by atoms with Crippen molar-refractivity contribution in [2.45, 2.75) is 0 Å². The highest BCUT2D eigenvalue weighted by molar-refractivity contribution is 8.12. The predicted octanol–water partition coefficient (Wildman–Crippen LogP) is 5.08. The van der Waals surface area contributed by atoms with Crippen LogP contribution in [0.1, 0.15) is 20.9 Å². The molecule has 0 fully saturated rings. The fraction of sp³-hybridized carbons (Fsp3) is 0. The summed E-state index contributed by atoms with van der Waals surface area (Å²) in [7, 11) is 0. The number of rotatable bonds is 3. The van der Waals surface area contributed by atoms with E-state index in [9.17, 15) is 14.4 Å². The van der Waals surface area contributed by atoms with Crippen molar-refractivity contribution in [1.29, 1.82) is 0 Å². The smallest absolute Gasteiger partial charge is 0.343 e. The molecule has 0 atom stereocenters. The minimum atomic E-state index is -0.769. The number of para-hydroxylation sites is 2. The third-order valence-electron chi connectivity index (χ3n) is 5.18. The Labute approximate surface area is 203 Å². The third kappa shape index (κ3) is 4.85. The number of furan rings is 1. The first-order valence-corrected chi connectivity index (χ1v) is 11.4. The number of hydrogen-bond donors (Lipinski definition) is 3. The van der Waals surface area contributed by atoms with E-state index in [1.165, 1.54) is 0 Å². The Hall–Kier alpha value is -4.63. The van der Waals surface area contributed by atoms with Crippen molar-refractivity contribution in [3.05, 3.63) is 102 Å². The van der Waals surface area contributed by atoms with Crippen LogP contribution in [0.2, 0.25) is 0 Å². The van der Waals surface area contributed by atoms with Crippen molar-refractivity contribution in [2.75, 3.05) is 0 Å². The summed E-state index contributed by atoms with van der Waals surface area (Å²) in [5.74, 6) is -0.577. The van der Waals surface area contributed by atoms with Crippen LogP contribution in [-0.2, 0) is 0 Å². The number of aromatic nitrogens is 1. The number of pyridine rings is 1. The minimum absolute atomic E-state index is 0.0481. The fourth-order valence-corrected chi connectivity index (χ4v) is 4.06. The Morgan fingerprint density at radius 1 is 0.800 bits per heavy atom. The highest BCUT2D eigenvalue weighted by atomic mass is 32.2. The maximum Gasteiger partial charge on any atom is 0.343 e. The first kappa shape index (κ1) is 22.2. The van der Waals surface area contributed by atoms with E-state index in [2.05, 4.69) is 20.6 Å². The number of benzene rings is 3. The molecule has 5 rings (SSSR count). The van der Waals surface area contributed by atoms with Crippen molar-refractivity contribution < 1.29 is 18.8 Å². The first-order valence-electron chi connectivity index (χ1n) is 10.6. The summed E-state index contributed by atoms with van der Waals surface area (Å²) in [6.45, 7) is 0. The molecule has 0 aliphatic heterocycles. The molecule has 0 saturated carbocycles. The molecule has 0 aliphatic carbocycles. The number of hydrogen-bond acceptors (Lipinski definition) is 6. The molecule has 2 heterocycles. The minimum Gasteiger partial charge on any atom is -0.451 e.